The van der Waals surface area contributed by atoms with E-state index in [9.17, 15) is 0 Å². The van der Waals surface area contributed by atoms with Gasteiger partial charge in [0.1, 0.15) is 0 Å². The van der Waals surface area contributed by atoms with Crippen LogP contribution in [0.15, 0.2) is 60.8 Å². The number of nitrogens with zero attached hydrogens (tertiary/aromatic N) is 2. The van der Waals surface area contributed by atoms with Gasteiger partial charge in [0.05, 0.1) is 11.7 Å². The van der Waals surface area contributed by atoms with Crippen LogP contribution in [-0.2, 0) is 0 Å². The van der Waals surface area contributed by atoms with Gasteiger partial charge in [0.15, 0.2) is 11.5 Å². The molecule has 0 amide bonds. The molecule has 0 bridgehead atoms. The Kier molecular flexibility index (Phi) is 2.50. The lowest BCUT2D eigenvalue weighted by Gasteiger charge is -2.27. The zero-order valence-corrected chi connectivity index (χ0v) is 12.8. The number of hydrogen-bond acceptors (Lipinski definition) is 3. The topological polar surface area (TPSA) is 26.6 Å². The Hall–Kier alpha value is -2.88. The van der Waals surface area contributed by atoms with Crippen LogP contribution in [0.25, 0.3) is 5.69 Å². The molecule has 2 aliphatic heterocycles. The lowest BCUT2D eigenvalue weighted by molar-refractivity contribution is 0.174. The summed E-state index contributed by atoms with van der Waals surface area (Å²) in [6.45, 7) is 0.302. The molecular weight excluding hydrogens is 288 g/mol. The number of benzene rings is 2. The van der Waals surface area contributed by atoms with Crippen molar-refractivity contribution in [2.75, 3.05) is 18.7 Å². The Balaban J connectivity index is 1.69. The predicted octanol–water partition coefficient (Wildman–Crippen LogP) is 3.75. The molecule has 23 heavy (non-hydrogen) atoms. The van der Waals surface area contributed by atoms with Gasteiger partial charge < -0.3 is 18.9 Å². The Morgan fingerprint density at radius 2 is 1.78 bits per heavy atom. The fourth-order valence-corrected chi connectivity index (χ4v) is 3.59. The average Bonchev–Trinajstić information content (AvgIpc) is 3.28. The third-order valence-corrected chi connectivity index (χ3v) is 4.69. The minimum atomic E-state index is 0.164. The molecule has 0 saturated carbocycles. The van der Waals surface area contributed by atoms with Crippen molar-refractivity contribution in [3.05, 3.63) is 72.1 Å². The first-order valence-electron chi connectivity index (χ1n) is 7.72. The molecule has 2 aromatic carbocycles. The van der Waals surface area contributed by atoms with Crippen LogP contribution in [0.1, 0.15) is 17.3 Å². The molecule has 2 aliphatic rings. The van der Waals surface area contributed by atoms with Crippen LogP contribution in [-0.4, -0.2) is 18.4 Å². The molecule has 114 valence electrons. The van der Waals surface area contributed by atoms with Crippen LogP contribution >= 0.6 is 0 Å². The Morgan fingerprint density at radius 1 is 1.00 bits per heavy atom. The molecule has 1 atom stereocenters. The highest BCUT2D eigenvalue weighted by atomic mass is 16.7. The number of hydrogen-bond donors (Lipinski definition) is 0. The van der Waals surface area contributed by atoms with E-state index in [2.05, 4.69) is 71.2 Å². The van der Waals surface area contributed by atoms with Crippen molar-refractivity contribution in [3.8, 4) is 17.2 Å². The van der Waals surface area contributed by atoms with E-state index in [1.54, 1.807) is 0 Å². The smallest absolute Gasteiger partial charge is 0.231 e. The van der Waals surface area contributed by atoms with Crippen molar-refractivity contribution in [3.63, 3.8) is 0 Å². The molecule has 1 aromatic heterocycles. The minimum absolute atomic E-state index is 0.164. The summed E-state index contributed by atoms with van der Waals surface area (Å²) in [7, 11) is 2.14. The third kappa shape index (κ3) is 1.72. The van der Waals surface area contributed by atoms with Crippen LogP contribution in [0.3, 0.4) is 0 Å². The fourth-order valence-electron chi connectivity index (χ4n) is 3.59. The third-order valence-electron chi connectivity index (χ3n) is 4.69. The summed E-state index contributed by atoms with van der Waals surface area (Å²) in [5, 5.41) is 0. The van der Waals surface area contributed by atoms with Crippen LogP contribution in [0, 0.1) is 0 Å². The van der Waals surface area contributed by atoms with Gasteiger partial charge in [0.2, 0.25) is 6.79 Å². The molecular formula is C19H16N2O2. The van der Waals surface area contributed by atoms with Gasteiger partial charge in [-0.2, -0.15) is 0 Å². The highest BCUT2D eigenvalue weighted by Gasteiger charge is 2.34. The van der Waals surface area contributed by atoms with Crippen LogP contribution in [0.2, 0.25) is 0 Å². The van der Waals surface area contributed by atoms with Gasteiger partial charge in [-0.05, 0) is 30.3 Å². The SMILES string of the molecule is CN(c1ccccc1)C1c2cc3c(cc2-n2cccc21)OCO3. The second kappa shape index (κ2) is 4.56. The lowest BCUT2D eigenvalue weighted by Crippen LogP contribution is -2.23. The van der Waals surface area contributed by atoms with Gasteiger partial charge >= 0.3 is 0 Å². The van der Waals surface area contributed by atoms with E-state index in [4.69, 9.17) is 9.47 Å². The molecule has 3 heterocycles. The average molecular weight is 304 g/mol. The number of rotatable bonds is 2. The van der Waals surface area contributed by atoms with Gasteiger partial charge in [-0.15, -0.1) is 0 Å². The summed E-state index contributed by atoms with van der Waals surface area (Å²) in [6.07, 6.45) is 2.11. The van der Waals surface area contributed by atoms with Crippen molar-refractivity contribution < 1.29 is 9.47 Å². The van der Waals surface area contributed by atoms with Crippen molar-refractivity contribution in [1.29, 1.82) is 0 Å². The summed E-state index contributed by atoms with van der Waals surface area (Å²) in [4.78, 5) is 2.31. The maximum atomic E-state index is 5.58. The predicted molar refractivity (Wildman–Crippen MR) is 88.6 cm³/mol. The fraction of sp³-hybridized carbons (Fsp3) is 0.158. The summed E-state index contributed by atoms with van der Waals surface area (Å²) in [5.74, 6) is 1.66. The van der Waals surface area contributed by atoms with Gasteiger partial charge in [0.25, 0.3) is 0 Å². The van der Waals surface area contributed by atoms with E-state index in [1.165, 1.54) is 22.6 Å². The van der Waals surface area contributed by atoms with Crippen molar-refractivity contribution in [1.82, 2.24) is 4.57 Å². The van der Waals surface area contributed by atoms with Crippen LogP contribution in [0.4, 0.5) is 5.69 Å². The maximum Gasteiger partial charge on any atom is 0.231 e. The number of aromatic nitrogens is 1. The normalized spacial score (nSPS) is 17.0. The zero-order valence-electron chi connectivity index (χ0n) is 12.8. The summed E-state index contributed by atoms with van der Waals surface area (Å²) >= 11 is 0. The minimum Gasteiger partial charge on any atom is -0.454 e. The molecule has 0 N–H and O–H groups in total. The lowest BCUT2D eigenvalue weighted by atomic mass is 10.0. The summed E-state index contributed by atoms with van der Waals surface area (Å²) in [6, 6.07) is 19.1. The number of ether oxygens (including phenoxy) is 2. The van der Waals surface area contributed by atoms with E-state index in [0.717, 1.165) is 11.5 Å². The first-order chi connectivity index (χ1) is 11.3. The van der Waals surface area contributed by atoms with E-state index in [0.29, 0.717) is 6.79 Å². The molecule has 5 rings (SSSR count). The monoisotopic (exact) mass is 304 g/mol. The van der Waals surface area contributed by atoms with Gasteiger partial charge in [-0.3, -0.25) is 0 Å². The molecule has 3 aromatic rings. The quantitative estimate of drug-likeness (QED) is 0.721. The summed E-state index contributed by atoms with van der Waals surface area (Å²) in [5.41, 5.74) is 4.86. The van der Waals surface area contributed by atoms with E-state index < -0.39 is 0 Å². The number of fused-ring (bicyclic) bond motifs is 4. The van der Waals surface area contributed by atoms with Crippen molar-refractivity contribution >= 4 is 5.69 Å². The Bertz CT molecular complexity index is 886. The van der Waals surface area contributed by atoms with E-state index in [-0.39, 0.29) is 6.04 Å². The van der Waals surface area contributed by atoms with Gasteiger partial charge in [0, 0.05) is 36.3 Å². The molecule has 4 heteroatoms. The largest absolute Gasteiger partial charge is 0.454 e. The Labute approximate surface area is 134 Å². The molecule has 1 unspecified atom stereocenters. The first-order valence-corrected chi connectivity index (χ1v) is 7.72. The van der Waals surface area contributed by atoms with Crippen molar-refractivity contribution in [2.24, 2.45) is 0 Å². The van der Waals surface area contributed by atoms with E-state index >= 15 is 0 Å². The zero-order chi connectivity index (χ0) is 15.4. The highest BCUT2D eigenvalue weighted by Crippen LogP contribution is 2.46. The van der Waals surface area contributed by atoms with Gasteiger partial charge in [-0.1, -0.05) is 18.2 Å². The van der Waals surface area contributed by atoms with Crippen molar-refractivity contribution in [2.45, 2.75) is 6.04 Å². The standard InChI is InChI=1S/C19H16N2O2/c1-20(13-6-3-2-4-7-13)19-14-10-17-18(23-12-22-17)11-16(14)21-9-5-8-15(19)21/h2-11,19H,12H2,1H3. The molecule has 0 aliphatic carbocycles. The number of anilines is 1. The molecule has 4 nitrogen and oxygen atoms in total. The second-order valence-electron chi connectivity index (χ2n) is 5.92. The molecule has 0 fully saturated rings. The molecule has 0 radical (unpaired) electrons. The maximum absolute atomic E-state index is 5.58. The van der Waals surface area contributed by atoms with Crippen LogP contribution < -0.4 is 14.4 Å². The van der Waals surface area contributed by atoms with Gasteiger partial charge in [-0.25, -0.2) is 0 Å². The first kappa shape index (κ1) is 12.6. The highest BCUT2D eigenvalue weighted by molar-refractivity contribution is 5.65. The number of para-hydroxylation sites is 1. The molecule has 0 saturated heterocycles. The van der Waals surface area contributed by atoms with Crippen LogP contribution in [0.5, 0.6) is 11.5 Å². The van der Waals surface area contributed by atoms with E-state index in [1.807, 2.05) is 6.07 Å². The molecule has 0 spiro atoms. The Morgan fingerprint density at radius 3 is 2.61 bits per heavy atom. The summed E-state index contributed by atoms with van der Waals surface area (Å²) < 4.78 is 13.4. The second-order valence-corrected chi connectivity index (χ2v) is 5.92.